The lowest BCUT2D eigenvalue weighted by molar-refractivity contribution is 0.491. The molecule has 0 aromatic heterocycles. The highest BCUT2D eigenvalue weighted by Gasteiger charge is 2.45. The fraction of sp³-hybridized carbons (Fsp3) is 0.172. The Morgan fingerprint density at radius 1 is 0.288 bits per heavy atom. The summed E-state index contributed by atoms with van der Waals surface area (Å²) in [5, 5.41) is 5.58. The van der Waals surface area contributed by atoms with Gasteiger partial charge < -0.3 is 0 Å². The third-order valence-electron chi connectivity index (χ3n) is 14.6. The number of hydrogen-bond acceptors (Lipinski definition) is 0. The van der Waals surface area contributed by atoms with E-state index in [9.17, 15) is 0 Å². The summed E-state index contributed by atoms with van der Waals surface area (Å²) in [6.45, 7) is 9.48. The van der Waals surface area contributed by atoms with Gasteiger partial charge in [-0.25, -0.2) is 0 Å². The quantitative estimate of drug-likeness (QED) is 0.0958. The van der Waals surface area contributed by atoms with Gasteiger partial charge in [-0.1, -0.05) is 222 Å². The average molecular weight is 777 g/mol. The molecule has 288 valence electrons. The van der Waals surface area contributed by atoms with E-state index in [-0.39, 0.29) is 10.8 Å². The van der Waals surface area contributed by atoms with Gasteiger partial charge in [0.15, 0.2) is 8.07 Å². The summed E-state index contributed by atoms with van der Waals surface area (Å²) in [7, 11) is -2.78. The van der Waals surface area contributed by atoms with E-state index in [2.05, 4.69) is 222 Å². The lowest BCUT2D eigenvalue weighted by Gasteiger charge is -2.35. The van der Waals surface area contributed by atoms with Crippen LogP contribution in [0, 0.1) is 0 Å². The van der Waals surface area contributed by atoms with E-state index in [0.717, 1.165) is 25.7 Å². The Labute approximate surface area is 352 Å². The maximum atomic E-state index is 2.47. The molecule has 8 aromatic rings. The van der Waals surface area contributed by atoms with Crippen molar-refractivity contribution in [3.05, 3.63) is 216 Å². The summed E-state index contributed by atoms with van der Waals surface area (Å²) in [6, 6.07) is 74.4. The first-order valence-electron chi connectivity index (χ1n) is 21.8. The summed E-state index contributed by atoms with van der Waals surface area (Å²) in [4.78, 5) is 0. The largest absolute Gasteiger partial charge is 0.179 e. The second kappa shape index (κ2) is 14.7. The summed E-state index contributed by atoms with van der Waals surface area (Å²) in [5.74, 6) is 0. The van der Waals surface area contributed by atoms with Crippen LogP contribution >= 0.6 is 0 Å². The third-order valence-corrected chi connectivity index (χ3v) is 19.4. The van der Waals surface area contributed by atoms with Gasteiger partial charge in [-0.2, -0.15) is 0 Å². The fourth-order valence-corrected chi connectivity index (χ4v) is 16.5. The van der Waals surface area contributed by atoms with Crippen LogP contribution in [0.1, 0.15) is 75.6 Å². The molecule has 8 aromatic carbocycles. The van der Waals surface area contributed by atoms with Crippen LogP contribution in [0.2, 0.25) is 0 Å². The van der Waals surface area contributed by atoms with Crippen molar-refractivity contribution in [3.63, 3.8) is 0 Å². The molecule has 0 unspecified atom stereocenters. The molecule has 0 spiro atoms. The minimum atomic E-state index is -2.78. The smallest absolute Gasteiger partial charge is 0.0642 e. The molecule has 0 bridgehead atoms. The van der Waals surface area contributed by atoms with Crippen molar-refractivity contribution < 1.29 is 0 Å². The molecule has 10 rings (SSSR count). The van der Waals surface area contributed by atoms with Gasteiger partial charge in [-0.15, -0.1) is 0 Å². The molecule has 1 heteroatoms. The molecule has 59 heavy (non-hydrogen) atoms. The van der Waals surface area contributed by atoms with Gasteiger partial charge in [-0.3, -0.25) is 0 Å². The highest BCUT2D eigenvalue weighted by atomic mass is 28.3. The predicted octanol–water partition coefficient (Wildman–Crippen LogP) is 12.6. The van der Waals surface area contributed by atoms with Crippen molar-refractivity contribution in [1.82, 2.24) is 0 Å². The van der Waals surface area contributed by atoms with Gasteiger partial charge in [0.1, 0.15) is 0 Å². The first-order chi connectivity index (χ1) is 29.1. The van der Waals surface area contributed by atoms with E-state index in [1.54, 1.807) is 0 Å². The lowest BCUT2D eigenvalue weighted by Crippen LogP contribution is -2.74. The number of benzene rings is 8. The van der Waals surface area contributed by atoms with Crippen molar-refractivity contribution in [2.45, 2.75) is 64.2 Å². The number of hydrogen-bond donors (Lipinski definition) is 0. The van der Waals surface area contributed by atoms with E-state index < -0.39 is 8.07 Å². The van der Waals surface area contributed by atoms with Gasteiger partial charge >= 0.3 is 0 Å². The van der Waals surface area contributed by atoms with E-state index in [0.29, 0.717) is 0 Å². The van der Waals surface area contributed by atoms with Gasteiger partial charge in [0.25, 0.3) is 0 Å². The van der Waals surface area contributed by atoms with Crippen LogP contribution in [0.4, 0.5) is 0 Å². The molecular weight excluding hydrogens is 725 g/mol. The zero-order valence-electron chi connectivity index (χ0n) is 34.8. The van der Waals surface area contributed by atoms with Gasteiger partial charge in [0, 0.05) is 10.8 Å². The van der Waals surface area contributed by atoms with Crippen molar-refractivity contribution in [2.75, 3.05) is 0 Å². The molecule has 2 aliphatic rings. The van der Waals surface area contributed by atoms with Crippen LogP contribution in [0.15, 0.2) is 194 Å². The maximum absolute atomic E-state index is 2.78. The van der Waals surface area contributed by atoms with Gasteiger partial charge in [0.2, 0.25) is 0 Å². The molecule has 2 aliphatic carbocycles. The minimum Gasteiger partial charge on any atom is -0.0642 e. The molecule has 0 fully saturated rings. The second-order valence-electron chi connectivity index (χ2n) is 16.8. The Morgan fingerprint density at radius 2 is 0.593 bits per heavy atom. The standard InChI is InChI=1S/C58H52Si/c1-5-57(6-2)53-31-17-15-25-49(53)51-29-19-27-47(55(51)57)41-33-37-45(38-34-41)59(43-21-11-9-12-22-43,44-23-13-10-14-24-44)46-39-35-42(36-40-46)48-28-20-30-52-50-26-16-18-32-54(50)58(7-3,8-4)56(48)52/h9-40H,5-8H2,1-4H3. The normalized spacial score (nSPS) is 14.3. The van der Waals surface area contributed by atoms with Crippen LogP contribution in [0.25, 0.3) is 44.5 Å². The second-order valence-corrected chi connectivity index (χ2v) is 20.6. The van der Waals surface area contributed by atoms with E-state index in [1.807, 2.05) is 0 Å². The highest BCUT2D eigenvalue weighted by molar-refractivity contribution is 7.19. The average Bonchev–Trinajstić information content (AvgIpc) is 3.78. The summed E-state index contributed by atoms with van der Waals surface area (Å²) in [6.07, 6.45) is 4.31. The van der Waals surface area contributed by atoms with Crippen molar-refractivity contribution in [3.8, 4) is 44.5 Å². The Kier molecular flexibility index (Phi) is 9.26. The van der Waals surface area contributed by atoms with E-state index in [1.165, 1.54) is 87.5 Å². The van der Waals surface area contributed by atoms with Crippen molar-refractivity contribution in [1.29, 1.82) is 0 Å². The predicted molar refractivity (Wildman–Crippen MR) is 255 cm³/mol. The van der Waals surface area contributed by atoms with E-state index in [4.69, 9.17) is 0 Å². The van der Waals surface area contributed by atoms with Gasteiger partial charge in [0.05, 0.1) is 0 Å². The van der Waals surface area contributed by atoms with Gasteiger partial charge in [-0.05, 0) is 113 Å². The minimum absolute atomic E-state index is 0.00506. The Morgan fingerprint density at radius 3 is 0.966 bits per heavy atom. The SMILES string of the molecule is CCC1(CC)c2ccccc2-c2cccc(-c3ccc([Si](c4ccccc4)(c4ccccc4)c4ccc(-c5cccc6c5C(CC)(CC)c5ccccc5-6)cc4)cc3)c21. The summed E-state index contributed by atoms with van der Waals surface area (Å²) in [5.41, 5.74) is 16.8. The van der Waals surface area contributed by atoms with Crippen LogP contribution in [0.3, 0.4) is 0 Å². The molecule has 0 heterocycles. The molecule has 0 aliphatic heterocycles. The van der Waals surface area contributed by atoms with Crippen LogP contribution in [-0.4, -0.2) is 8.07 Å². The molecule has 0 saturated carbocycles. The first kappa shape index (κ1) is 37.3. The fourth-order valence-electron chi connectivity index (χ4n) is 11.8. The molecule has 0 radical (unpaired) electrons. The summed E-state index contributed by atoms with van der Waals surface area (Å²) < 4.78 is 0. The zero-order chi connectivity index (χ0) is 40.2. The third kappa shape index (κ3) is 5.34. The van der Waals surface area contributed by atoms with Crippen molar-refractivity contribution in [2.24, 2.45) is 0 Å². The molecule has 0 nitrogen and oxygen atoms in total. The summed E-state index contributed by atoms with van der Waals surface area (Å²) >= 11 is 0. The Bertz CT molecular complexity index is 2590. The highest BCUT2D eigenvalue weighted by Crippen LogP contribution is 2.57. The Balaban J connectivity index is 1.14. The lowest BCUT2D eigenvalue weighted by atomic mass is 9.71. The molecule has 0 saturated heterocycles. The zero-order valence-corrected chi connectivity index (χ0v) is 35.8. The monoisotopic (exact) mass is 776 g/mol. The maximum Gasteiger partial charge on any atom is 0.179 e. The van der Waals surface area contributed by atoms with Crippen LogP contribution < -0.4 is 20.7 Å². The van der Waals surface area contributed by atoms with E-state index >= 15 is 0 Å². The van der Waals surface area contributed by atoms with Crippen LogP contribution in [0.5, 0.6) is 0 Å². The Hall–Kier alpha value is -6.02. The topological polar surface area (TPSA) is 0 Å². The number of rotatable bonds is 10. The van der Waals surface area contributed by atoms with Crippen molar-refractivity contribution >= 4 is 28.8 Å². The molecule has 0 atom stereocenters. The number of fused-ring (bicyclic) bond motifs is 6. The molecule has 0 N–H and O–H groups in total. The first-order valence-corrected chi connectivity index (χ1v) is 23.8. The molecular formula is C58H52Si. The molecule has 0 amide bonds. The van der Waals surface area contributed by atoms with Crippen LogP contribution in [-0.2, 0) is 10.8 Å².